The van der Waals surface area contributed by atoms with Crippen molar-refractivity contribution in [2.24, 2.45) is 5.73 Å². The number of ether oxygens (including phenoxy) is 3. The maximum Gasteiger partial charge on any atom is 0.354 e. The Morgan fingerprint density at radius 3 is 1.88 bits per heavy atom. The van der Waals surface area contributed by atoms with Crippen molar-refractivity contribution in [1.29, 1.82) is 0 Å². The first-order chi connectivity index (χ1) is 19.4. The lowest BCUT2D eigenvalue weighted by molar-refractivity contribution is 0.0268. The zero-order chi connectivity index (χ0) is 29.2. The number of nitrogens with two attached hydrogens (primary N) is 1. The molecule has 0 atom stereocenters. The van der Waals surface area contributed by atoms with Crippen LogP contribution in [0.2, 0.25) is 0 Å². The molecule has 0 spiro atoms. The number of hydrogen-bond donors (Lipinski definition) is 5. The Morgan fingerprint density at radius 1 is 0.750 bits per heavy atom. The summed E-state index contributed by atoms with van der Waals surface area (Å²) in [6.07, 6.45) is 0. The monoisotopic (exact) mass is 565 g/mol. The van der Waals surface area contributed by atoms with E-state index in [1.54, 1.807) is 18.2 Å². The fourth-order valence-corrected chi connectivity index (χ4v) is 3.69. The van der Waals surface area contributed by atoms with Gasteiger partial charge in [-0.1, -0.05) is 6.07 Å². The maximum absolute atomic E-state index is 11.4. The third-order valence-corrected chi connectivity index (χ3v) is 5.56. The summed E-state index contributed by atoms with van der Waals surface area (Å²) in [6.45, 7) is 4.26. The van der Waals surface area contributed by atoms with Crippen LogP contribution in [0.3, 0.4) is 0 Å². The molecule has 0 fully saturated rings. The summed E-state index contributed by atoms with van der Waals surface area (Å²) in [5.41, 5.74) is 6.37. The van der Waals surface area contributed by atoms with E-state index in [9.17, 15) is 24.9 Å². The third-order valence-electron chi connectivity index (χ3n) is 5.56. The number of carboxylic acid groups (broad SMARTS) is 2. The predicted molar refractivity (Wildman–Crippen MR) is 143 cm³/mol. The molecule has 14 nitrogen and oxygen atoms in total. The predicted octanol–water partition coefficient (Wildman–Crippen LogP) is -0.467. The number of hydrogen-bond acceptors (Lipinski definition) is 12. The number of pyridine rings is 2. The highest BCUT2D eigenvalue weighted by molar-refractivity contribution is 5.86. The van der Waals surface area contributed by atoms with Crippen LogP contribution in [0.4, 0.5) is 0 Å². The minimum atomic E-state index is -1.17. The average molecular weight is 566 g/mol. The summed E-state index contributed by atoms with van der Waals surface area (Å²) < 4.78 is 16.8. The molecule has 14 heteroatoms. The van der Waals surface area contributed by atoms with Crippen LogP contribution in [0.5, 0.6) is 5.75 Å². The van der Waals surface area contributed by atoms with Crippen molar-refractivity contribution in [3.05, 3.63) is 53.1 Å². The van der Waals surface area contributed by atoms with E-state index >= 15 is 0 Å². The Balaban J connectivity index is 1.73. The summed E-state index contributed by atoms with van der Waals surface area (Å²) >= 11 is 0. The average Bonchev–Trinajstić information content (AvgIpc) is 2.93. The highest BCUT2D eigenvalue weighted by Gasteiger charge is 2.14. The molecule has 2 aromatic rings. The summed E-state index contributed by atoms with van der Waals surface area (Å²) in [6, 6.07) is 7.80. The molecule has 2 rings (SSSR count). The molecular formula is C26H39N5O9. The SMILES string of the molecule is NCCOc1cc(CN(CCO)CCOCCOCCN(CCO)Cc2cccc(C(=O)O)n2)nc(C(=O)O)c1. The Hall–Kier alpha value is -3.24. The van der Waals surface area contributed by atoms with Gasteiger partial charge in [0.1, 0.15) is 18.1 Å². The molecule has 0 aliphatic rings. The molecule has 0 aliphatic heterocycles. The topological polar surface area (TPSA) is 201 Å². The summed E-state index contributed by atoms with van der Waals surface area (Å²) in [4.78, 5) is 34.6. The van der Waals surface area contributed by atoms with Crippen LogP contribution in [-0.2, 0) is 22.6 Å². The smallest absolute Gasteiger partial charge is 0.354 e. The van der Waals surface area contributed by atoms with Gasteiger partial charge in [0.05, 0.1) is 51.0 Å². The zero-order valence-electron chi connectivity index (χ0n) is 22.5. The number of carboxylic acids is 2. The maximum atomic E-state index is 11.4. The van der Waals surface area contributed by atoms with E-state index in [1.807, 2.05) is 9.80 Å². The van der Waals surface area contributed by atoms with Crippen molar-refractivity contribution < 1.29 is 44.2 Å². The Morgan fingerprint density at radius 2 is 1.32 bits per heavy atom. The van der Waals surface area contributed by atoms with E-state index in [1.165, 1.54) is 12.1 Å². The summed E-state index contributed by atoms with van der Waals surface area (Å²) in [7, 11) is 0. The van der Waals surface area contributed by atoms with Crippen molar-refractivity contribution in [1.82, 2.24) is 19.8 Å². The quantitative estimate of drug-likeness (QED) is 0.115. The molecule has 0 unspecified atom stereocenters. The van der Waals surface area contributed by atoms with E-state index in [4.69, 9.17) is 25.1 Å². The van der Waals surface area contributed by atoms with Crippen LogP contribution in [0.1, 0.15) is 32.4 Å². The van der Waals surface area contributed by atoms with E-state index in [0.29, 0.717) is 89.4 Å². The zero-order valence-corrected chi connectivity index (χ0v) is 22.5. The molecule has 40 heavy (non-hydrogen) atoms. The summed E-state index contributed by atoms with van der Waals surface area (Å²) in [5, 5.41) is 37.2. The molecular weight excluding hydrogens is 526 g/mol. The number of aliphatic hydroxyl groups excluding tert-OH is 2. The lowest BCUT2D eigenvalue weighted by Gasteiger charge is -2.22. The van der Waals surface area contributed by atoms with Gasteiger partial charge in [0.2, 0.25) is 0 Å². The van der Waals surface area contributed by atoms with Crippen molar-refractivity contribution in [3.8, 4) is 5.75 Å². The van der Waals surface area contributed by atoms with E-state index in [0.717, 1.165) is 0 Å². The largest absolute Gasteiger partial charge is 0.492 e. The Kier molecular flexibility index (Phi) is 15.6. The Labute approximate surface area is 232 Å². The van der Waals surface area contributed by atoms with Gasteiger partial charge in [0.15, 0.2) is 5.69 Å². The first-order valence-corrected chi connectivity index (χ1v) is 12.9. The molecule has 2 aromatic heterocycles. The third kappa shape index (κ3) is 12.7. The normalized spacial score (nSPS) is 11.3. The van der Waals surface area contributed by atoms with Gasteiger partial charge in [0, 0.05) is 57.9 Å². The van der Waals surface area contributed by atoms with Crippen molar-refractivity contribution in [3.63, 3.8) is 0 Å². The fraction of sp³-hybridized carbons (Fsp3) is 0.538. The van der Waals surface area contributed by atoms with Crippen molar-refractivity contribution in [2.45, 2.75) is 13.1 Å². The number of carbonyl (C=O) groups is 2. The number of aromatic carboxylic acids is 2. The van der Waals surface area contributed by atoms with Gasteiger partial charge >= 0.3 is 11.9 Å². The molecule has 0 aromatic carbocycles. The molecule has 0 aliphatic carbocycles. The second-order valence-corrected chi connectivity index (χ2v) is 8.67. The second kappa shape index (κ2) is 18.9. The van der Waals surface area contributed by atoms with E-state index in [-0.39, 0.29) is 31.2 Å². The first-order valence-electron chi connectivity index (χ1n) is 12.9. The van der Waals surface area contributed by atoms with Crippen molar-refractivity contribution in [2.75, 3.05) is 79.0 Å². The highest BCUT2D eigenvalue weighted by Crippen LogP contribution is 2.16. The molecule has 0 saturated carbocycles. The van der Waals surface area contributed by atoms with Crippen LogP contribution in [0.25, 0.3) is 0 Å². The van der Waals surface area contributed by atoms with Gasteiger partial charge in [-0.25, -0.2) is 19.6 Å². The molecule has 222 valence electrons. The van der Waals surface area contributed by atoms with Crippen LogP contribution in [0, 0.1) is 0 Å². The van der Waals surface area contributed by atoms with Gasteiger partial charge in [-0.05, 0) is 12.1 Å². The van der Waals surface area contributed by atoms with Crippen LogP contribution >= 0.6 is 0 Å². The fourth-order valence-electron chi connectivity index (χ4n) is 3.69. The second-order valence-electron chi connectivity index (χ2n) is 8.67. The van der Waals surface area contributed by atoms with Crippen LogP contribution < -0.4 is 10.5 Å². The summed E-state index contributed by atoms with van der Waals surface area (Å²) in [5.74, 6) is -1.89. The number of rotatable bonds is 22. The van der Waals surface area contributed by atoms with Crippen LogP contribution in [0.15, 0.2) is 30.3 Å². The Bertz CT molecular complexity index is 1040. The lowest BCUT2D eigenvalue weighted by Crippen LogP contribution is -2.31. The first kappa shape index (κ1) is 33.0. The van der Waals surface area contributed by atoms with Gasteiger partial charge in [0.25, 0.3) is 0 Å². The van der Waals surface area contributed by atoms with E-state index < -0.39 is 11.9 Å². The van der Waals surface area contributed by atoms with Gasteiger partial charge in [-0.3, -0.25) is 9.80 Å². The molecule has 6 N–H and O–H groups in total. The minimum Gasteiger partial charge on any atom is -0.492 e. The molecule has 0 radical (unpaired) electrons. The minimum absolute atomic E-state index is 0.0290. The van der Waals surface area contributed by atoms with Crippen LogP contribution in [-0.4, -0.2) is 131 Å². The standard InChI is InChI=1S/C26H39N5O9/c27-4-11-40-22-16-21(29-24(17-22)26(36)37)19-31(6-10-33)8-13-39-15-14-38-12-7-30(5-9-32)18-20-2-1-3-23(28-20)25(34)35/h1-3,16-17,32-33H,4-15,18-19,27H2,(H,34,35)(H,36,37). The number of aromatic nitrogens is 2. The highest BCUT2D eigenvalue weighted by atomic mass is 16.5. The molecule has 0 bridgehead atoms. The van der Waals surface area contributed by atoms with Crippen molar-refractivity contribution >= 4 is 11.9 Å². The lowest BCUT2D eigenvalue weighted by atomic mass is 10.2. The number of nitrogens with zero attached hydrogens (tertiary/aromatic N) is 4. The van der Waals surface area contributed by atoms with Gasteiger partial charge in [-0.15, -0.1) is 0 Å². The number of aliphatic hydroxyl groups is 2. The van der Waals surface area contributed by atoms with Gasteiger partial charge < -0.3 is 40.4 Å². The van der Waals surface area contributed by atoms with E-state index in [2.05, 4.69) is 9.97 Å². The van der Waals surface area contributed by atoms with Gasteiger partial charge in [-0.2, -0.15) is 0 Å². The molecule has 2 heterocycles. The molecule has 0 saturated heterocycles. The molecule has 0 amide bonds.